The van der Waals surface area contributed by atoms with Crippen LogP contribution in [0.3, 0.4) is 0 Å². The average Bonchev–Trinajstić information content (AvgIpc) is 3.22. The van der Waals surface area contributed by atoms with E-state index in [0.29, 0.717) is 36.7 Å². The molecule has 2 saturated heterocycles. The van der Waals surface area contributed by atoms with Gasteiger partial charge in [-0.1, -0.05) is 6.07 Å². The maximum absolute atomic E-state index is 13.4. The molecule has 1 amide bonds. The molecule has 0 bridgehead atoms. The molecule has 4 rings (SSSR count). The summed E-state index contributed by atoms with van der Waals surface area (Å²) < 4.78 is 42.3. The van der Waals surface area contributed by atoms with Gasteiger partial charge in [0.2, 0.25) is 10.0 Å². The lowest BCUT2D eigenvalue weighted by atomic mass is 9.95. The number of aliphatic hydroxyl groups excluding tert-OH is 1. The smallest absolute Gasteiger partial charge is 0.295 e. The van der Waals surface area contributed by atoms with Crippen molar-refractivity contribution >= 4 is 27.5 Å². The first kappa shape index (κ1) is 29.5. The summed E-state index contributed by atoms with van der Waals surface area (Å²) in [6, 6.07) is 9.77. The first-order valence-corrected chi connectivity index (χ1v) is 14.4. The van der Waals surface area contributed by atoms with E-state index in [-0.39, 0.29) is 28.3 Å². The Morgan fingerprint density at radius 3 is 2.25 bits per heavy atom. The van der Waals surface area contributed by atoms with Gasteiger partial charge in [0, 0.05) is 45.8 Å². The summed E-state index contributed by atoms with van der Waals surface area (Å²) in [5.41, 5.74) is 0.706. The van der Waals surface area contributed by atoms with Crippen LogP contribution >= 0.6 is 0 Å². The van der Waals surface area contributed by atoms with Gasteiger partial charge < -0.3 is 24.2 Å². The number of aliphatic hydroxyl groups is 1. The third kappa shape index (κ3) is 5.85. The molecule has 2 heterocycles. The Balaban J connectivity index is 1.74. The fourth-order valence-corrected chi connectivity index (χ4v) is 5.82. The SMILES string of the molecule is COc1ccc([C@H]2/C(=C(\O)c3ccc(S(=O)(=O)N(C)C)cc3)C(=O)C(=O)N2CCCN2CCOCC2)cc1OC. The molecule has 11 nitrogen and oxygen atoms in total. The number of ketones is 1. The van der Waals surface area contributed by atoms with E-state index in [4.69, 9.17) is 14.2 Å². The van der Waals surface area contributed by atoms with E-state index in [0.717, 1.165) is 23.9 Å². The molecule has 0 saturated carbocycles. The molecule has 0 aliphatic carbocycles. The Labute approximate surface area is 234 Å². The number of methoxy groups -OCH3 is 2. The molecular formula is C28H35N3O8S. The van der Waals surface area contributed by atoms with Gasteiger partial charge in [0.25, 0.3) is 11.7 Å². The quantitative estimate of drug-likeness (QED) is 0.258. The molecule has 12 heteroatoms. The zero-order chi connectivity index (χ0) is 29.0. The van der Waals surface area contributed by atoms with Crippen molar-refractivity contribution in [3.63, 3.8) is 0 Å². The molecule has 0 aromatic heterocycles. The number of ether oxygens (including phenoxy) is 3. The lowest BCUT2D eigenvalue weighted by Crippen LogP contribution is -2.38. The number of likely N-dealkylation sites (tertiary alicyclic amines) is 1. The predicted molar refractivity (Wildman–Crippen MR) is 148 cm³/mol. The zero-order valence-electron chi connectivity index (χ0n) is 23.1. The van der Waals surface area contributed by atoms with Crippen LogP contribution in [0.2, 0.25) is 0 Å². The predicted octanol–water partition coefficient (Wildman–Crippen LogP) is 2.10. The van der Waals surface area contributed by atoms with Crippen molar-refractivity contribution in [1.82, 2.24) is 14.1 Å². The van der Waals surface area contributed by atoms with Gasteiger partial charge >= 0.3 is 0 Å². The van der Waals surface area contributed by atoms with E-state index >= 15 is 0 Å². The van der Waals surface area contributed by atoms with E-state index in [9.17, 15) is 23.1 Å². The normalized spacial score (nSPS) is 19.8. The summed E-state index contributed by atoms with van der Waals surface area (Å²) in [5.74, 6) is -1.02. The second-order valence-electron chi connectivity index (χ2n) is 9.73. The van der Waals surface area contributed by atoms with Crippen molar-refractivity contribution in [2.24, 2.45) is 0 Å². The Morgan fingerprint density at radius 1 is 1.00 bits per heavy atom. The van der Waals surface area contributed by atoms with E-state index < -0.39 is 27.8 Å². The minimum Gasteiger partial charge on any atom is -0.507 e. The third-order valence-electron chi connectivity index (χ3n) is 7.15. The molecule has 216 valence electrons. The highest BCUT2D eigenvalue weighted by molar-refractivity contribution is 7.89. The van der Waals surface area contributed by atoms with Crippen LogP contribution in [0, 0.1) is 0 Å². The van der Waals surface area contributed by atoms with Crippen LogP contribution in [0.5, 0.6) is 11.5 Å². The molecule has 0 unspecified atom stereocenters. The van der Waals surface area contributed by atoms with Crippen LogP contribution in [0.4, 0.5) is 0 Å². The van der Waals surface area contributed by atoms with Crippen LogP contribution in [-0.2, 0) is 24.3 Å². The molecule has 2 fully saturated rings. The van der Waals surface area contributed by atoms with E-state index in [1.807, 2.05) is 0 Å². The number of nitrogens with zero attached hydrogens (tertiary/aromatic N) is 3. The number of amides is 1. The Morgan fingerprint density at radius 2 is 1.65 bits per heavy atom. The minimum atomic E-state index is -3.69. The molecule has 1 atom stereocenters. The topological polar surface area (TPSA) is 126 Å². The highest BCUT2D eigenvalue weighted by atomic mass is 32.2. The largest absolute Gasteiger partial charge is 0.507 e. The first-order valence-electron chi connectivity index (χ1n) is 12.9. The summed E-state index contributed by atoms with van der Waals surface area (Å²) >= 11 is 0. The Bertz CT molecular complexity index is 1380. The molecule has 0 radical (unpaired) electrons. The number of rotatable bonds is 10. The molecular weight excluding hydrogens is 538 g/mol. The summed E-state index contributed by atoms with van der Waals surface area (Å²) in [7, 11) is 2.16. The number of hydrogen-bond donors (Lipinski definition) is 1. The molecule has 2 aromatic carbocycles. The fourth-order valence-electron chi connectivity index (χ4n) is 4.92. The number of benzene rings is 2. The maximum atomic E-state index is 13.4. The van der Waals surface area contributed by atoms with Crippen molar-refractivity contribution in [2.75, 3.05) is 67.7 Å². The van der Waals surface area contributed by atoms with Crippen LogP contribution in [0.25, 0.3) is 5.76 Å². The van der Waals surface area contributed by atoms with Crippen LogP contribution in [0.1, 0.15) is 23.6 Å². The summed E-state index contributed by atoms with van der Waals surface area (Å²) in [4.78, 5) is 30.4. The molecule has 2 aliphatic heterocycles. The monoisotopic (exact) mass is 573 g/mol. The van der Waals surface area contributed by atoms with Crippen molar-refractivity contribution < 1.29 is 37.3 Å². The Kier molecular flexibility index (Phi) is 9.14. The third-order valence-corrected chi connectivity index (χ3v) is 8.98. The standard InChI is InChI=1S/C28H35N3O8S/c1-29(2)40(35,36)21-9-6-19(7-10-21)26(32)24-25(20-8-11-22(37-3)23(18-20)38-4)31(28(34)27(24)33)13-5-12-30-14-16-39-17-15-30/h6-11,18,25,32H,5,12-17H2,1-4H3/b26-24+/t25-/m0/s1. The van der Waals surface area contributed by atoms with E-state index in [2.05, 4.69) is 4.90 Å². The van der Waals surface area contributed by atoms with Crippen molar-refractivity contribution in [2.45, 2.75) is 17.4 Å². The number of hydrogen-bond acceptors (Lipinski definition) is 9. The van der Waals surface area contributed by atoms with Gasteiger partial charge in [0.05, 0.1) is 43.9 Å². The average molecular weight is 574 g/mol. The Hall–Kier alpha value is -3.45. The lowest BCUT2D eigenvalue weighted by Gasteiger charge is -2.29. The van der Waals surface area contributed by atoms with Crippen molar-refractivity contribution in [1.29, 1.82) is 0 Å². The summed E-state index contributed by atoms with van der Waals surface area (Å²) in [6.07, 6.45) is 0.619. The van der Waals surface area contributed by atoms with Crippen molar-refractivity contribution in [3.05, 3.63) is 59.2 Å². The second-order valence-corrected chi connectivity index (χ2v) is 11.9. The van der Waals surface area contributed by atoms with Gasteiger partial charge in [0.1, 0.15) is 5.76 Å². The lowest BCUT2D eigenvalue weighted by molar-refractivity contribution is -0.140. The zero-order valence-corrected chi connectivity index (χ0v) is 23.9. The number of Topliss-reactive ketones (excluding diaryl/α,β-unsaturated/α-hetero) is 1. The fraction of sp³-hybridized carbons (Fsp3) is 0.429. The second kappa shape index (κ2) is 12.4. The summed E-state index contributed by atoms with van der Waals surface area (Å²) in [5, 5.41) is 11.4. The van der Waals surface area contributed by atoms with Gasteiger partial charge in [-0.25, -0.2) is 12.7 Å². The van der Waals surface area contributed by atoms with E-state index in [1.54, 1.807) is 18.2 Å². The number of morpholine rings is 1. The van der Waals surface area contributed by atoms with Crippen LogP contribution < -0.4 is 9.47 Å². The molecule has 2 aliphatic rings. The van der Waals surface area contributed by atoms with Crippen LogP contribution in [-0.4, -0.2) is 107 Å². The van der Waals surface area contributed by atoms with Crippen LogP contribution in [0.15, 0.2) is 52.9 Å². The van der Waals surface area contributed by atoms with Gasteiger partial charge in [-0.2, -0.15) is 0 Å². The molecule has 2 aromatic rings. The minimum absolute atomic E-state index is 0.0362. The highest BCUT2D eigenvalue weighted by Crippen LogP contribution is 2.42. The van der Waals surface area contributed by atoms with E-state index in [1.165, 1.54) is 57.5 Å². The maximum Gasteiger partial charge on any atom is 0.295 e. The number of carbonyl (C=O) groups is 2. The van der Waals surface area contributed by atoms with Gasteiger partial charge in [-0.3, -0.25) is 14.5 Å². The molecule has 0 spiro atoms. The number of carbonyl (C=O) groups excluding carboxylic acids is 2. The van der Waals surface area contributed by atoms with Crippen molar-refractivity contribution in [3.8, 4) is 11.5 Å². The summed E-state index contributed by atoms with van der Waals surface area (Å²) in [6.45, 7) is 3.94. The van der Waals surface area contributed by atoms with Gasteiger partial charge in [0.15, 0.2) is 11.5 Å². The first-order chi connectivity index (χ1) is 19.1. The molecule has 1 N–H and O–H groups in total. The number of sulfonamides is 1. The highest BCUT2D eigenvalue weighted by Gasteiger charge is 2.46. The van der Waals surface area contributed by atoms with Gasteiger partial charge in [-0.05, 0) is 48.4 Å². The molecule has 40 heavy (non-hydrogen) atoms. The van der Waals surface area contributed by atoms with Gasteiger partial charge in [-0.15, -0.1) is 0 Å².